The molecular weight excluding hydrogens is 500 g/mol. The Kier molecular flexibility index (Phi) is 11.7. The van der Waals surface area contributed by atoms with Crippen molar-refractivity contribution >= 4 is 23.7 Å². The summed E-state index contributed by atoms with van der Waals surface area (Å²) >= 11 is 0. The molecule has 0 aliphatic rings. The van der Waals surface area contributed by atoms with Gasteiger partial charge in [-0.15, -0.1) is 0 Å². The van der Waals surface area contributed by atoms with Crippen LogP contribution in [0.5, 0.6) is 11.5 Å². The summed E-state index contributed by atoms with van der Waals surface area (Å²) in [5.74, 6) is -1.17. The summed E-state index contributed by atoms with van der Waals surface area (Å²) in [6.07, 6.45) is 3.02. The highest BCUT2D eigenvalue weighted by molar-refractivity contribution is 6.38. The van der Waals surface area contributed by atoms with Crippen molar-refractivity contribution < 1.29 is 33.3 Å². The largest absolute Gasteiger partial charge is 0.464 e. The molecule has 204 valence electrons. The van der Waals surface area contributed by atoms with Gasteiger partial charge < -0.3 is 29.6 Å². The smallest absolute Gasteiger partial charge is 0.289 e. The van der Waals surface area contributed by atoms with Crippen molar-refractivity contribution in [3.63, 3.8) is 0 Å². The number of carbonyl (C=O) groups excluding carboxylic acids is 3. The third kappa shape index (κ3) is 9.73. The maximum atomic E-state index is 13.0. The highest BCUT2D eigenvalue weighted by atomic mass is 16.7. The topological polar surface area (TPSA) is 112 Å². The molecule has 0 bridgehead atoms. The van der Waals surface area contributed by atoms with Gasteiger partial charge in [-0.1, -0.05) is 66.7 Å². The normalized spacial score (nSPS) is 11.5. The first-order valence-electron chi connectivity index (χ1n) is 12.3. The first-order valence-corrected chi connectivity index (χ1v) is 12.3. The van der Waals surface area contributed by atoms with Crippen LogP contribution in [0, 0.1) is 0 Å². The van der Waals surface area contributed by atoms with E-state index < -0.39 is 23.6 Å². The van der Waals surface area contributed by atoms with E-state index in [4.69, 9.17) is 18.9 Å². The number of amides is 2. The van der Waals surface area contributed by atoms with Gasteiger partial charge in [0, 0.05) is 33.3 Å². The van der Waals surface area contributed by atoms with Crippen molar-refractivity contribution in [3.8, 4) is 11.5 Å². The first kappa shape index (κ1) is 29.1. The number of ether oxygens (including phenoxy) is 4. The molecule has 9 heteroatoms. The molecule has 9 nitrogen and oxygen atoms in total. The van der Waals surface area contributed by atoms with Crippen LogP contribution in [-0.4, -0.2) is 51.4 Å². The van der Waals surface area contributed by atoms with E-state index in [-0.39, 0.29) is 26.6 Å². The fraction of sp³-hybridized carbons (Fsp3) is 0.233. The number of hydrogen-bond donors (Lipinski definition) is 2. The summed E-state index contributed by atoms with van der Waals surface area (Å²) in [6.45, 7) is 0.248. The highest BCUT2D eigenvalue weighted by Crippen LogP contribution is 2.29. The number of methoxy groups -OCH3 is 2. The van der Waals surface area contributed by atoms with Crippen LogP contribution in [0.25, 0.3) is 6.08 Å². The molecule has 39 heavy (non-hydrogen) atoms. The molecule has 1 unspecified atom stereocenters. The average Bonchev–Trinajstić information content (AvgIpc) is 2.97. The van der Waals surface area contributed by atoms with Crippen LogP contribution in [0.4, 0.5) is 0 Å². The third-order valence-electron chi connectivity index (χ3n) is 5.49. The molecule has 3 rings (SSSR count). The summed E-state index contributed by atoms with van der Waals surface area (Å²) in [5, 5.41) is 5.31. The van der Waals surface area contributed by atoms with Crippen molar-refractivity contribution in [1.82, 2.24) is 10.6 Å². The van der Waals surface area contributed by atoms with Crippen molar-refractivity contribution in [1.29, 1.82) is 0 Å². The van der Waals surface area contributed by atoms with E-state index in [2.05, 4.69) is 10.6 Å². The summed E-state index contributed by atoms with van der Waals surface area (Å²) < 4.78 is 20.9. The van der Waals surface area contributed by atoms with Gasteiger partial charge in [0.2, 0.25) is 11.7 Å². The number of nitrogens with one attached hydrogen (secondary N) is 2. The van der Waals surface area contributed by atoms with E-state index in [1.54, 1.807) is 24.3 Å². The molecule has 0 radical (unpaired) electrons. The zero-order valence-electron chi connectivity index (χ0n) is 21.9. The number of carbonyl (C=O) groups is 3. The molecule has 0 spiro atoms. The Balaban J connectivity index is 1.70. The van der Waals surface area contributed by atoms with Crippen LogP contribution in [0.1, 0.15) is 16.7 Å². The maximum Gasteiger partial charge on any atom is 0.289 e. The monoisotopic (exact) mass is 532 g/mol. The first-order chi connectivity index (χ1) is 19.0. The zero-order chi connectivity index (χ0) is 27.9. The van der Waals surface area contributed by atoms with Crippen LogP contribution in [0.15, 0.2) is 84.9 Å². The summed E-state index contributed by atoms with van der Waals surface area (Å²) in [6, 6.07) is 22.5. The van der Waals surface area contributed by atoms with E-state index in [0.29, 0.717) is 17.1 Å². The van der Waals surface area contributed by atoms with Crippen molar-refractivity contribution in [2.24, 2.45) is 0 Å². The Morgan fingerprint density at radius 2 is 1.41 bits per heavy atom. The standard InChI is InChI=1S/C30H32N2O7/c1-36-20-38-26-15-13-23(18-27(26)39-21-37-2)14-16-28(33)32-25(17-22-9-5-3-6-10-22)29(34)30(35)31-19-24-11-7-4-8-12-24/h3-16,18,25H,17,19-21H2,1-2H3,(H,31,35)(H,32,33)/b16-14+. The van der Waals surface area contributed by atoms with E-state index in [0.717, 1.165) is 11.1 Å². The molecular formula is C30H32N2O7. The Morgan fingerprint density at radius 3 is 2.05 bits per heavy atom. The highest BCUT2D eigenvalue weighted by Gasteiger charge is 2.26. The SMILES string of the molecule is COCOc1ccc(/C=C/C(=O)NC(Cc2ccccc2)C(=O)C(=O)NCc2ccccc2)cc1OCOC. The molecule has 0 saturated carbocycles. The van der Waals surface area contributed by atoms with Crippen LogP contribution in [0.2, 0.25) is 0 Å². The minimum absolute atomic E-state index is 0.00656. The molecule has 3 aromatic carbocycles. The quantitative estimate of drug-likeness (QED) is 0.176. The van der Waals surface area contributed by atoms with E-state index >= 15 is 0 Å². The number of rotatable bonds is 15. The minimum atomic E-state index is -1.05. The molecule has 0 aliphatic heterocycles. The number of Topliss-reactive ketones (excluding diaryl/α,β-unsaturated/α-hetero) is 1. The van der Waals surface area contributed by atoms with Gasteiger partial charge in [-0.25, -0.2) is 0 Å². The summed E-state index contributed by atoms with van der Waals surface area (Å²) in [5.41, 5.74) is 2.31. The van der Waals surface area contributed by atoms with E-state index in [1.165, 1.54) is 20.3 Å². The summed E-state index contributed by atoms with van der Waals surface area (Å²) in [7, 11) is 3.01. The van der Waals surface area contributed by atoms with Crippen molar-refractivity contribution in [3.05, 3.63) is 102 Å². The van der Waals surface area contributed by atoms with Gasteiger partial charge in [-0.3, -0.25) is 14.4 Å². The fourth-order valence-corrected chi connectivity index (χ4v) is 3.58. The molecule has 3 aromatic rings. The lowest BCUT2D eigenvalue weighted by molar-refractivity contribution is -0.139. The Bertz CT molecular complexity index is 1250. The average molecular weight is 533 g/mol. The minimum Gasteiger partial charge on any atom is -0.464 e. The van der Waals surface area contributed by atoms with Crippen molar-refractivity contribution in [2.45, 2.75) is 19.0 Å². The fourth-order valence-electron chi connectivity index (χ4n) is 3.58. The van der Waals surface area contributed by atoms with Gasteiger partial charge in [0.1, 0.15) is 6.04 Å². The van der Waals surface area contributed by atoms with Gasteiger partial charge in [0.05, 0.1) is 0 Å². The lowest BCUT2D eigenvalue weighted by Crippen LogP contribution is -2.48. The van der Waals surface area contributed by atoms with Gasteiger partial charge in [0.15, 0.2) is 25.1 Å². The van der Waals surface area contributed by atoms with Gasteiger partial charge >= 0.3 is 0 Å². The van der Waals surface area contributed by atoms with Crippen LogP contribution >= 0.6 is 0 Å². The second-order valence-electron chi connectivity index (χ2n) is 8.42. The Hall–Kier alpha value is -4.47. The Labute approximate surface area is 227 Å². The van der Waals surface area contributed by atoms with Crippen LogP contribution in [0.3, 0.4) is 0 Å². The molecule has 0 aliphatic carbocycles. The molecule has 1 atom stereocenters. The molecule has 2 N–H and O–H groups in total. The van der Waals surface area contributed by atoms with E-state index in [1.807, 2.05) is 60.7 Å². The zero-order valence-corrected chi connectivity index (χ0v) is 21.9. The van der Waals surface area contributed by atoms with E-state index in [9.17, 15) is 14.4 Å². The van der Waals surface area contributed by atoms with Crippen LogP contribution < -0.4 is 20.1 Å². The lowest BCUT2D eigenvalue weighted by atomic mass is 10.0. The molecule has 0 heterocycles. The van der Waals surface area contributed by atoms with Gasteiger partial charge in [-0.05, 0) is 34.9 Å². The van der Waals surface area contributed by atoms with Crippen LogP contribution in [-0.2, 0) is 36.8 Å². The number of ketones is 1. The number of hydrogen-bond acceptors (Lipinski definition) is 7. The second-order valence-corrected chi connectivity index (χ2v) is 8.42. The molecule has 0 saturated heterocycles. The maximum absolute atomic E-state index is 13.0. The second kappa shape index (κ2) is 15.7. The van der Waals surface area contributed by atoms with Gasteiger partial charge in [-0.2, -0.15) is 0 Å². The molecule has 0 aromatic heterocycles. The van der Waals surface area contributed by atoms with Gasteiger partial charge in [0.25, 0.3) is 5.91 Å². The predicted molar refractivity (Wildman–Crippen MR) is 146 cm³/mol. The molecule has 2 amide bonds. The predicted octanol–water partition coefficient (Wildman–Crippen LogP) is 3.28. The van der Waals surface area contributed by atoms with Crippen molar-refractivity contribution in [2.75, 3.05) is 27.8 Å². The Morgan fingerprint density at radius 1 is 0.795 bits per heavy atom. The summed E-state index contributed by atoms with van der Waals surface area (Å²) in [4.78, 5) is 38.5. The number of benzene rings is 3. The lowest BCUT2D eigenvalue weighted by Gasteiger charge is -2.17. The molecule has 0 fully saturated rings. The third-order valence-corrected chi connectivity index (χ3v) is 5.49.